The summed E-state index contributed by atoms with van der Waals surface area (Å²) >= 11 is 0. The molecule has 0 spiro atoms. The molecule has 2 rings (SSSR count). The van der Waals surface area contributed by atoms with Crippen LogP contribution in [0.1, 0.15) is 43.4 Å². The number of ether oxygens (including phenoxy) is 1. The van der Waals surface area contributed by atoms with E-state index in [0.29, 0.717) is 13.1 Å². The van der Waals surface area contributed by atoms with Crippen LogP contribution in [-0.4, -0.2) is 25.3 Å². The first-order valence-electron chi connectivity index (χ1n) is 6.99. The van der Waals surface area contributed by atoms with Gasteiger partial charge in [-0.25, -0.2) is 8.78 Å². The molecule has 3 N–H and O–H groups in total. The molecule has 5 heteroatoms. The van der Waals surface area contributed by atoms with Crippen LogP contribution in [0.4, 0.5) is 8.78 Å². The normalized spacial score (nSPS) is 24.2. The highest BCUT2D eigenvalue weighted by Crippen LogP contribution is 2.26. The van der Waals surface area contributed by atoms with Gasteiger partial charge in [0.05, 0.1) is 5.60 Å². The van der Waals surface area contributed by atoms with Gasteiger partial charge in [0.1, 0.15) is 0 Å². The van der Waals surface area contributed by atoms with Crippen molar-refractivity contribution >= 4 is 0 Å². The zero-order valence-electron chi connectivity index (χ0n) is 11.7. The van der Waals surface area contributed by atoms with E-state index in [4.69, 9.17) is 10.5 Å². The third-order valence-corrected chi connectivity index (χ3v) is 3.82. The van der Waals surface area contributed by atoms with Gasteiger partial charge in [-0.1, -0.05) is 18.2 Å². The number of benzene rings is 1. The van der Waals surface area contributed by atoms with Gasteiger partial charge in [-0.05, 0) is 31.4 Å². The molecule has 2 unspecified atom stereocenters. The van der Waals surface area contributed by atoms with E-state index in [1.165, 1.54) is 12.1 Å². The van der Waals surface area contributed by atoms with Gasteiger partial charge in [-0.3, -0.25) is 0 Å². The second kappa shape index (κ2) is 6.61. The largest absolute Gasteiger partial charge is 0.374 e. The highest BCUT2D eigenvalue weighted by Gasteiger charge is 2.30. The standard InChI is InChI=1S/C15H22F2N2O/c1-15(6-3-7-20-15)10-19-13(9-18)11-4-2-5-12(8-11)14(16)17/h2,4-5,8,13-14,19H,3,6-7,9-10,18H2,1H3. The number of hydrogen-bond donors (Lipinski definition) is 2. The van der Waals surface area contributed by atoms with Crippen molar-refractivity contribution in [3.63, 3.8) is 0 Å². The zero-order valence-corrected chi connectivity index (χ0v) is 11.7. The van der Waals surface area contributed by atoms with Crippen molar-refractivity contribution in [3.05, 3.63) is 35.4 Å². The van der Waals surface area contributed by atoms with Gasteiger partial charge < -0.3 is 15.8 Å². The molecule has 1 fully saturated rings. The lowest BCUT2D eigenvalue weighted by atomic mass is 10.00. The van der Waals surface area contributed by atoms with E-state index in [-0.39, 0.29) is 17.2 Å². The fourth-order valence-corrected chi connectivity index (χ4v) is 2.56. The average Bonchev–Trinajstić information content (AvgIpc) is 2.87. The van der Waals surface area contributed by atoms with Crippen molar-refractivity contribution in [2.75, 3.05) is 19.7 Å². The first-order chi connectivity index (χ1) is 9.54. The number of nitrogens with one attached hydrogen (secondary N) is 1. The first-order valence-corrected chi connectivity index (χ1v) is 6.99. The third-order valence-electron chi connectivity index (χ3n) is 3.82. The number of halogens is 2. The molecule has 1 aromatic carbocycles. The van der Waals surface area contributed by atoms with Gasteiger partial charge >= 0.3 is 0 Å². The maximum atomic E-state index is 12.7. The predicted octanol–water partition coefficient (Wildman–Crippen LogP) is 2.78. The summed E-state index contributed by atoms with van der Waals surface area (Å²) in [5.41, 5.74) is 6.43. The lowest BCUT2D eigenvalue weighted by Gasteiger charge is -2.27. The fourth-order valence-electron chi connectivity index (χ4n) is 2.56. The summed E-state index contributed by atoms with van der Waals surface area (Å²) in [5.74, 6) is 0. The minimum Gasteiger partial charge on any atom is -0.374 e. The van der Waals surface area contributed by atoms with Crippen LogP contribution in [0.2, 0.25) is 0 Å². The third kappa shape index (κ3) is 3.75. The maximum absolute atomic E-state index is 12.7. The minimum absolute atomic E-state index is 0.0334. The number of nitrogens with two attached hydrogens (primary N) is 1. The molecule has 1 heterocycles. The monoisotopic (exact) mass is 284 g/mol. The predicted molar refractivity (Wildman–Crippen MR) is 74.8 cm³/mol. The van der Waals surface area contributed by atoms with Gasteiger partial charge in [-0.15, -0.1) is 0 Å². The number of rotatable bonds is 6. The van der Waals surface area contributed by atoms with Crippen LogP contribution in [0.5, 0.6) is 0 Å². The summed E-state index contributed by atoms with van der Waals surface area (Å²) in [5, 5.41) is 3.34. The van der Waals surface area contributed by atoms with Crippen molar-refractivity contribution in [3.8, 4) is 0 Å². The molecule has 1 saturated heterocycles. The smallest absolute Gasteiger partial charge is 0.263 e. The highest BCUT2D eigenvalue weighted by molar-refractivity contribution is 5.27. The number of alkyl halides is 2. The summed E-state index contributed by atoms with van der Waals surface area (Å²) < 4.78 is 31.2. The second-order valence-electron chi connectivity index (χ2n) is 5.54. The molecule has 20 heavy (non-hydrogen) atoms. The van der Waals surface area contributed by atoms with Crippen molar-refractivity contribution in [1.29, 1.82) is 0 Å². The molecule has 112 valence electrons. The molecule has 1 aliphatic heterocycles. The average molecular weight is 284 g/mol. The highest BCUT2D eigenvalue weighted by atomic mass is 19.3. The molecule has 2 atom stereocenters. The topological polar surface area (TPSA) is 47.3 Å². The Morgan fingerprint density at radius 2 is 2.15 bits per heavy atom. The molecule has 1 aliphatic rings. The van der Waals surface area contributed by atoms with E-state index in [9.17, 15) is 8.78 Å². The van der Waals surface area contributed by atoms with E-state index in [2.05, 4.69) is 12.2 Å². The molecule has 1 aromatic rings. The first kappa shape index (κ1) is 15.4. The Morgan fingerprint density at radius 3 is 2.75 bits per heavy atom. The Morgan fingerprint density at radius 1 is 1.40 bits per heavy atom. The SMILES string of the molecule is CC1(CNC(CN)c2cccc(C(F)F)c2)CCCO1. The van der Waals surface area contributed by atoms with Crippen molar-refractivity contribution in [2.24, 2.45) is 5.73 Å². The van der Waals surface area contributed by atoms with Crippen LogP contribution in [0.3, 0.4) is 0 Å². The molecule has 0 aromatic heterocycles. The van der Waals surface area contributed by atoms with E-state index in [1.807, 2.05) is 6.07 Å². The van der Waals surface area contributed by atoms with Crippen molar-refractivity contribution in [2.45, 2.75) is 37.8 Å². The van der Waals surface area contributed by atoms with Crippen LogP contribution < -0.4 is 11.1 Å². The molecule has 0 saturated carbocycles. The summed E-state index contributed by atoms with van der Waals surface area (Å²) in [6.45, 7) is 3.89. The van der Waals surface area contributed by atoms with E-state index in [0.717, 1.165) is 25.0 Å². The molecular formula is C15H22F2N2O. The van der Waals surface area contributed by atoms with Crippen LogP contribution in [-0.2, 0) is 4.74 Å². The van der Waals surface area contributed by atoms with Crippen molar-refractivity contribution < 1.29 is 13.5 Å². The molecule has 0 radical (unpaired) electrons. The molecule has 3 nitrogen and oxygen atoms in total. The lowest BCUT2D eigenvalue weighted by Crippen LogP contribution is -2.41. The molecular weight excluding hydrogens is 262 g/mol. The molecule has 0 amide bonds. The summed E-state index contributed by atoms with van der Waals surface area (Å²) in [6, 6.07) is 6.30. The van der Waals surface area contributed by atoms with Gasteiger partial charge in [0.2, 0.25) is 0 Å². The molecule has 0 aliphatic carbocycles. The van der Waals surface area contributed by atoms with Gasteiger partial charge in [-0.2, -0.15) is 0 Å². The summed E-state index contributed by atoms with van der Waals surface area (Å²) in [7, 11) is 0. The quantitative estimate of drug-likeness (QED) is 0.844. The molecule has 0 bridgehead atoms. The fraction of sp³-hybridized carbons (Fsp3) is 0.600. The van der Waals surface area contributed by atoms with E-state index < -0.39 is 6.43 Å². The summed E-state index contributed by atoms with van der Waals surface area (Å²) in [6.07, 6.45) is -0.384. The van der Waals surface area contributed by atoms with Crippen LogP contribution in [0.15, 0.2) is 24.3 Å². The van der Waals surface area contributed by atoms with E-state index in [1.54, 1.807) is 6.07 Å². The van der Waals surface area contributed by atoms with Crippen LogP contribution in [0.25, 0.3) is 0 Å². The van der Waals surface area contributed by atoms with Gasteiger partial charge in [0.15, 0.2) is 0 Å². The Kier molecular flexibility index (Phi) is 5.07. The number of hydrogen-bond acceptors (Lipinski definition) is 3. The maximum Gasteiger partial charge on any atom is 0.263 e. The summed E-state index contributed by atoms with van der Waals surface area (Å²) in [4.78, 5) is 0. The Bertz CT molecular complexity index is 434. The second-order valence-corrected chi connectivity index (χ2v) is 5.54. The van der Waals surface area contributed by atoms with Gasteiger partial charge in [0.25, 0.3) is 6.43 Å². The lowest BCUT2D eigenvalue weighted by molar-refractivity contribution is 0.0189. The zero-order chi connectivity index (χ0) is 14.6. The van der Waals surface area contributed by atoms with Crippen LogP contribution >= 0.6 is 0 Å². The van der Waals surface area contributed by atoms with Gasteiger partial charge in [0, 0.05) is 31.3 Å². The Labute approximate surface area is 118 Å². The Hall–Kier alpha value is -1.04. The van der Waals surface area contributed by atoms with Crippen molar-refractivity contribution in [1.82, 2.24) is 5.32 Å². The van der Waals surface area contributed by atoms with Crippen LogP contribution in [0, 0.1) is 0 Å². The Balaban J connectivity index is 2.02. The van der Waals surface area contributed by atoms with E-state index >= 15 is 0 Å². The minimum atomic E-state index is -2.45.